The average molecular weight is 261 g/mol. The lowest BCUT2D eigenvalue weighted by atomic mass is 9.97. The molecule has 1 aliphatic rings. The van der Waals surface area contributed by atoms with Gasteiger partial charge in [0.25, 0.3) is 0 Å². The summed E-state index contributed by atoms with van der Waals surface area (Å²) >= 11 is 0. The van der Waals surface area contributed by atoms with Crippen molar-refractivity contribution in [3.8, 4) is 0 Å². The van der Waals surface area contributed by atoms with Gasteiger partial charge in [0.05, 0.1) is 0 Å². The lowest BCUT2D eigenvalue weighted by Gasteiger charge is -2.23. The van der Waals surface area contributed by atoms with Crippen LogP contribution in [0.15, 0.2) is 30.3 Å². The second-order valence-electron chi connectivity index (χ2n) is 5.10. The third-order valence-electron chi connectivity index (χ3n) is 3.71. The van der Waals surface area contributed by atoms with Gasteiger partial charge in [-0.25, -0.2) is 4.79 Å². The lowest BCUT2D eigenvalue weighted by molar-refractivity contribution is -0.148. The molecular weight excluding hydrogens is 242 g/mol. The number of rotatable bonds is 4. The third kappa shape index (κ3) is 3.13. The fourth-order valence-corrected chi connectivity index (χ4v) is 2.60. The van der Waals surface area contributed by atoms with Gasteiger partial charge in [-0.05, 0) is 24.3 Å². The molecule has 1 saturated heterocycles. The number of hydrogen-bond donors (Lipinski definition) is 1. The molecule has 1 amide bonds. The summed E-state index contributed by atoms with van der Waals surface area (Å²) in [5.41, 5.74) is 1.11. The van der Waals surface area contributed by atoms with E-state index in [0.717, 1.165) is 12.0 Å². The molecule has 1 heterocycles. The lowest BCUT2D eigenvalue weighted by Crippen LogP contribution is -2.40. The van der Waals surface area contributed by atoms with E-state index in [-0.39, 0.29) is 11.8 Å². The van der Waals surface area contributed by atoms with Crippen LogP contribution < -0.4 is 0 Å². The van der Waals surface area contributed by atoms with E-state index in [1.54, 1.807) is 0 Å². The zero-order valence-corrected chi connectivity index (χ0v) is 11.1. The van der Waals surface area contributed by atoms with E-state index in [1.807, 2.05) is 37.3 Å². The van der Waals surface area contributed by atoms with Crippen molar-refractivity contribution in [3.63, 3.8) is 0 Å². The highest BCUT2D eigenvalue weighted by Crippen LogP contribution is 2.24. The molecule has 0 aliphatic carbocycles. The third-order valence-corrected chi connectivity index (χ3v) is 3.71. The fourth-order valence-electron chi connectivity index (χ4n) is 2.60. The molecular formula is C15H19NO3. The Labute approximate surface area is 113 Å². The van der Waals surface area contributed by atoms with Crippen LogP contribution in [0.1, 0.15) is 37.7 Å². The Kier molecular flexibility index (Phi) is 4.20. The molecule has 2 rings (SSSR count). The van der Waals surface area contributed by atoms with Gasteiger partial charge in [0.15, 0.2) is 0 Å². The molecule has 1 aromatic carbocycles. The molecule has 4 heteroatoms. The highest BCUT2D eigenvalue weighted by atomic mass is 16.4. The van der Waals surface area contributed by atoms with E-state index in [2.05, 4.69) is 0 Å². The largest absolute Gasteiger partial charge is 0.480 e. The Bertz CT molecular complexity index is 458. The number of carboxylic acid groups (broad SMARTS) is 1. The van der Waals surface area contributed by atoms with Crippen LogP contribution in [0, 0.1) is 0 Å². The summed E-state index contributed by atoms with van der Waals surface area (Å²) in [6, 6.07) is 9.21. The second kappa shape index (κ2) is 5.87. The average Bonchev–Trinajstić information content (AvgIpc) is 2.89. The number of carbonyl (C=O) groups excluding carboxylic acids is 1. The Morgan fingerprint density at radius 1 is 1.37 bits per heavy atom. The Morgan fingerprint density at radius 3 is 2.68 bits per heavy atom. The standard InChI is InChI=1S/C15H19NO3/c1-11(12-6-3-2-4-7-12)10-14(17)16-9-5-8-13(16)15(18)19/h2-4,6-7,11,13H,5,8-10H2,1H3,(H,18,19)/t11?,13-/m0/s1. The van der Waals surface area contributed by atoms with Crippen molar-refractivity contribution >= 4 is 11.9 Å². The summed E-state index contributed by atoms with van der Waals surface area (Å²) in [5.74, 6) is -0.830. The van der Waals surface area contributed by atoms with Gasteiger partial charge in [-0.1, -0.05) is 37.3 Å². The van der Waals surface area contributed by atoms with E-state index in [0.29, 0.717) is 19.4 Å². The minimum atomic E-state index is -0.891. The van der Waals surface area contributed by atoms with Gasteiger partial charge in [-0.2, -0.15) is 0 Å². The van der Waals surface area contributed by atoms with Crippen LogP contribution in [0.3, 0.4) is 0 Å². The maximum Gasteiger partial charge on any atom is 0.326 e. The molecule has 1 fully saturated rings. The smallest absolute Gasteiger partial charge is 0.326 e. The SMILES string of the molecule is CC(CC(=O)N1CCC[C@H]1C(=O)O)c1ccccc1. The van der Waals surface area contributed by atoms with Gasteiger partial charge in [0.2, 0.25) is 5.91 Å². The zero-order valence-electron chi connectivity index (χ0n) is 11.1. The Balaban J connectivity index is 1.99. The first-order valence-electron chi connectivity index (χ1n) is 6.67. The molecule has 1 aromatic rings. The van der Waals surface area contributed by atoms with Crippen molar-refractivity contribution in [2.75, 3.05) is 6.54 Å². The number of hydrogen-bond acceptors (Lipinski definition) is 2. The minimum absolute atomic E-state index is 0.0544. The van der Waals surface area contributed by atoms with Crippen molar-refractivity contribution in [2.45, 2.75) is 38.1 Å². The van der Waals surface area contributed by atoms with Crippen LogP contribution in [0.2, 0.25) is 0 Å². The number of carbonyl (C=O) groups is 2. The molecule has 1 unspecified atom stereocenters. The van der Waals surface area contributed by atoms with Gasteiger partial charge in [0, 0.05) is 13.0 Å². The van der Waals surface area contributed by atoms with Crippen molar-refractivity contribution < 1.29 is 14.7 Å². The van der Waals surface area contributed by atoms with Crippen LogP contribution in [-0.2, 0) is 9.59 Å². The van der Waals surface area contributed by atoms with E-state index in [1.165, 1.54) is 4.90 Å². The molecule has 1 aliphatic heterocycles. The summed E-state index contributed by atoms with van der Waals surface area (Å²) in [7, 11) is 0. The van der Waals surface area contributed by atoms with Gasteiger partial charge >= 0.3 is 5.97 Å². The van der Waals surface area contributed by atoms with Crippen LogP contribution >= 0.6 is 0 Å². The van der Waals surface area contributed by atoms with E-state index < -0.39 is 12.0 Å². The van der Waals surface area contributed by atoms with Crippen molar-refractivity contribution in [2.24, 2.45) is 0 Å². The summed E-state index contributed by atoms with van der Waals surface area (Å²) in [4.78, 5) is 24.8. The first-order chi connectivity index (χ1) is 9.09. The van der Waals surface area contributed by atoms with Gasteiger partial charge in [0.1, 0.15) is 6.04 Å². The second-order valence-corrected chi connectivity index (χ2v) is 5.10. The molecule has 102 valence electrons. The van der Waals surface area contributed by atoms with Gasteiger partial charge < -0.3 is 10.0 Å². The first kappa shape index (κ1) is 13.6. The van der Waals surface area contributed by atoms with Crippen molar-refractivity contribution in [3.05, 3.63) is 35.9 Å². The van der Waals surface area contributed by atoms with Crippen LogP contribution in [0.4, 0.5) is 0 Å². The number of carboxylic acids is 1. The monoisotopic (exact) mass is 261 g/mol. The summed E-state index contributed by atoms with van der Waals surface area (Å²) in [6.07, 6.45) is 1.72. The van der Waals surface area contributed by atoms with Crippen molar-refractivity contribution in [1.29, 1.82) is 0 Å². The molecule has 0 spiro atoms. The maximum atomic E-state index is 12.2. The Hall–Kier alpha value is -1.84. The van der Waals surface area contributed by atoms with E-state index >= 15 is 0 Å². The molecule has 2 atom stereocenters. The predicted octanol–water partition coefficient (Wildman–Crippen LogP) is 2.26. The molecule has 0 aromatic heterocycles. The molecule has 0 radical (unpaired) electrons. The highest BCUT2D eigenvalue weighted by molar-refractivity contribution is 5.84. The van der Waals surface area contributed by atoms with Gasteiger partial charge in [-0.3, -0.25) is 4.79 Å². The maximum absolute atomic E-state index is 12.2. The van der Waals surface area contributed by atoms with Gasteiger partial charge in [-0.15, -0.1) is 0 Å². The predicted molar refractivity (Wildman–Crippen MR) is 71.8 cm³/mol. The fraction of sp³-hybridized carbons (Fsp3) is 0.467. The summed E-state index contributed by atoms with van der Waals surface area (Å²) in [6.45, 7) is 2.57. The Morgan fingerprint density at radius 2 is 2.05 bits per heavy atom. The number of likely N-dealkylation sites (tertiary alicyclic amines) is 1. The van der Waals surface area contributed by atoms with E-state index in [9.17, 15) is 9.59 Å². The topological polar surface area (TPSA) is 57.6 Å². The van der Waals surface area contributed by atoms with E-state index in [4.69, 9.17) is 5.11 Å². The van der Waals surface area contributed by atoms with Crippen LogP contribution in [0.5, 0.6) is 0 Å². The molecule has 0 bridgehead atoms. The normalized spacial score (nSPS) is 20.3. The quantitative estimate of drug-likeness (QED) is 0.904. The summed E-state index contributed by atoms with van der Waals surface area (Å²) < 4.78 is 0. The van der Waals surface area contributed by atoms with Crippen LogP contribution in [0.25, 0.3) is 0 Å². The highest BCUT2D eigenvalue weighted by Gasteiger charge is 2.34. The minimum Gasteiger partial charge on any atom is -0.480 e. The number of benzene rings is 1. The zero-order chi connectivity index (χ0) is 13.8. The number of amides is 1. The molecule has 0 saturated carbocycles. The summed E-state index contributed by atoms with van der Waals surface area (Å²) in [5, 5.41) is 9.09. The van der Waals surface area contributed by atoms with Crippen LogP contribution in [-0.4, -0.2) is 34.5 Å². The molecule has 19 heavy (non-hydrogen) atoms. The molecule has 4 nitrogen and oxygen atoms in total. The first-order valence-corrected chi connectivity index (χ1v) is 6.67. The van der Waals surface area contributed by atoms with Crippen molar-refractivity contribution in [1.82, 2.24) is 4.90 Å². The molecule has 1 N–H and O–H groups in total. The number of nitrogens with zero attached hydrogens (tertiary/aromatic N) is 1. The number of aliphatic carboxylic acids is 1.